The van der Waals surface area contributed by atoms with Crippen LogP contribution in [0.15, 0.2) is 29.2 Å². The summed E-state index contributed by atoms with van der Waals surface area (Å²) in [5.41, 5.74) is 6.47. The molecular weight excluding hydrogens is 258 g/mol. The fourth-order valence-corrected chi connectivity index (χ4v) is 4.49. The number of fused-ring (bicyclic) bond motifs is 1. The van der Waals surface area contributed by atoms with Crippen LogP contribution in [0.25, 0.3) is 0 Å². The zero-order valence-corrected chi connectivity index (χ0v) is 11.7. The van der Waals surface area contributed by atoms with E-state index in [0.717, 1.165) is 18.6 Å². The lowest BCUT2D eigenvalue weighted by Crippen LogP contribution is -2.42. The van der Waals surface area contributed by atoms with Gasteiger partial charge in [0.15, 0.2) is 0 Å². The van der Waals surface area contributed by atoms with Gasteiger partial charge in [0, 0.05) is 17.2 Å². The van der Waals surface area contributed by atoms with E-state index in [4.69, 9.17) is 5.73 Å². The van der Waals surface area contributed by atoms with Gasteiger partial charge < -0.3 is 10.8 Å². The Bertz CT molecular complexity index is 501. The van der Waals surface area contributed by atoms with Crippen LogP contribution in [0.2, 0.25) is 0 Å². The SMILES string of the molecule is NCC(CC1CSc2ccccc21)(C(=O)O)C1CC1. The zero-order chi connectivity index (χ0) is 13.5. The van der Waals surface area contributed by atoms with Gasteiger partial charge in [-0.1, -0.05) is 18.2 Å². The maximum absolute atomic E-state index is 11.7. The summed E-state index contributed by atoms with van der Waals surface area (Å²) in [6, 6.07) is 8.35. The second-order valence-corrected chi connectivity index (χ2v) is 6.75. The monoisotopic (exact) mass is 277 g/mol. The number of hydrogen-bond acceptors (Lipinski definition) is 3. The van der Waals surface area contributed by atoms with Crippen LogP contribution in [0.4, 0.5) is 0 Å². The Kier molecular flexibility index (Phi) is 3.31. The van der Waals surface area contributed by atoms with Gasteiger partial charge in [0.2, 0.25) is 0 Å². The molecule has 1 saturated carbocycles. The van der Waals surface area contributed by atoms with E-state index >= 15 is 0 Å². The van der Waals surface area contributed by atoms with Crippen molar-refractivity contribution in [1.29, 1.82) is 0 Å². The van der Waals surface area contributed by atoms with E-state index in [1.165, 1.54) is 10.5 Å². The summed E-state index contributed by atoms with van der Waals surface area (Å²) < 4.78 is 0. The second-order valence-electron chi connectivity index (χ2n) is 5.69. The lowest BCUT2D eigenvalue weighted by Gasteiger charge is -2.30. The summed E-state index contributed by atoms with van der Waals surface area (Å²) in [5, 5.41) is 9.66. The fraction of sp³-hybridized carbons (Fsp3) is 0.533. The molecule has 2 aliphatic rings. The highest BCUT2D eigenvalue weighted by Crippen LogP contribution is 2.53. The predicted octanol–water partition coefficient (Wildman–Crippen LogP) is 2.71. The van der Waals surface area contributed by atoms with Crippen molar-refractivity contribution in [3.8, 4) is 0 Å². The van der Waals surface area contributed by atoms with Crippen molar-refractivity contribution in [1.82, 2.24) is 0 Å². The van der Waals surface area contributed by atoms with Crippen molar-refractivity contribution in [2.45, 2.75) is 30.1 Å². The van der Waals surface area contributed by atoms with Gasteiger partial charge >= 0.3 is 5.97 Å². The van der Waals surface area contributed by atoms with Gasteiger partial charge in [-0.25, -0.2) is 0 Å². The first kappa shape index (κ1) is 13.0. The Balaban J connectivity index is 1.86. The van der Waals surface area contributed by atoms with Gasteiger partial charge in [0.25, 0.3) is 0 Å². The largest absolute Gasteiger partial charge is 0.481 e. The van der Waals surface area contributed by atoms with E-state index in [2.05, 4.69) is 12.1 Å². The lowest BCUT2D eigenvalue weighted by molar-refractivity contribution is -0.150. The topological polar surface area (TPSA) is 63.3 Å². The second kappa shape index (κ2) is 4.84. The van der Waals surface area contributed by atoms with Crippen molar-refractivity contribution < 1.29 is 9.90 Å². The van der Waals surface area contributed by atoms with E-state index < -0.39 is 11.4 Å². The predicted molar refractivity (Wildman–Crippen MR) is 76.4 cm³/mol. The molecule has 1 heterocycles. The van der Waals surface area contributed by atoms with Crippen LogP contribution in [0.3, 0.4) is 0 Å². The van der Waals surface area contributed by atoms with E-state index in [-0.39, 0.29) is 12.5 Å². The van der Waals surface area contributed by atoms with Crippen molar-refractivity contribution in [3.05, 3.63) is 29.8 Å². The maximum Gasteiger partial charge on any atom is 0.311 e. The molecule has 19 heavy (non-hydrogen) atoms. The fourth-order valence-electron chi connectivity index (χ4n) is 3.24. The Labute approximate surface area is 117 Å². The summed E-state index contributed by atoms with van der Waals surface area (Å²) in [5.74, 6) is 0.905. The molecule has 102 valence electrons. The Morgan fingerprint density at radius 1 is 1.42 bits per heavy atom. The molecule has 2 unspecified atom stereocenters. The molecule has 0 radical (unpaired) electrons. The normalized spacial score (nSPS) is 24.8. The molecule has 3 rings (SSSR count). The number of carbonyl (C=O) groups is 1. The van der Waals surface area contributed by atoms with Gasteiger partial charge in [0.05, 0.1) is 5.41 Å². The standard InChI is InChI=1S/C15H19NO2S/c16-9-15(14(17)18,11-5-6-11)7-10-8-19-13-4-2-1-3-12(10)13/h1-4,10-11H,5-9,16H2,(H,17,18). The third-order valence-electron chi connectivity index (χ3n) is 4.56. The third-order valence-corrected chi connectivity index (χ3v) is 5.81. The summed E-state index contributed by atoms with van der Waals surface area (Å²) in [7, 11) is 0. The van der Waals surface area contributed by atoms with E-state index in [9.17, 15) is 9.90 Å². The first-order chi connectivity index (χ1) is 9.17. The summed E-state index contributed by atoms with van der Waals surface area (Å²) >= 11 is 1.84. The minimum atomic E-state index is -0.706. The molecule has 0 aromatic heterocycles. The van der Waals surface area contributed by atoms with Gasteiger partial charge in [0.1, 0.15) is 0 Å². The smallest absolute Gasteiger partial charge is 0.311 e. The molecule has 1 fully saturated rings. The van der Waals surface area contributed by atoms with Crippen LogP contribution in [-0.4, -0.2) is 23.4 Å². The number of hydrogen-bond donors (Lipinski definition) is 2. The summed E-state index contributed by atoms with van der Waals surface area (Å²) in [6.45, 7) is 0.260. The van der Waals surface area contributed by atoms with Crippen molar-refractivity contribution in [3.63, 3.8) is 0 Å². The average molecular weight is 277 g/mol. The molecule has 0 bridgehead atoms. The molecule has 0 amide bonds. The van der Waals surface area contributed by atoms with E-state index in [1.54, 1.807) is 0 Å². The van der Waals surface area contributed by atoms with Crippen LogP contribution in [-0.2, 0) is 4.79 Å². The number of benzene rings is 1. The van der Waals surface area contributed by atoms with Gasteiger partial charge in [-0.05, 0) is 42.7 Å². The molecule has 4 heteroatoms. The highest BCUT2D eigenvalue weighted by molar-refractivity contribution is 7.99. The highest BCUT2D eigenvalue weighted by Gasteiger charge is 2.51. The number of carboxylic acids is 1. The molecule has 3 N–H and O–H groups in total. The molecular formula is C15H19NO2S. The van der Waals surface area contributed by atoms with Crippen LogP contribution >= 0.6 is 11.8 Å². The Morgan fingerprint density at radius 2 is 2.16 bits per heavy atom. The first-order valence-electron chi connectivity index (χ1n) is 6.82. The number of rotatable bonds is 5. The zero-order valence-electron chi connectivity index (χ0n) is 10.8. The summed E-state index contributed by atoms with van der Waals surface area (Å²) in [4.78, 5) is 13.1. The number of nitrogens with two attached hydrogens (primary N) is 1. The van der Waals surface area contributed by atoms with Crippen LogP contribution < -0.4 is 5.73 Å². The molecule has 2 atom stereocenters. The minimum absolute atomic E-state index is 0.260. The van der Waals surface area contributed by atoms with E-state index in [1.807, 2.05) is 23.9 Å². The van der Waals surface area contributed by atoms with E-state index in [0.29, 0.717) is 12.3 Å². The van der Waals surface area contributed by atoms with Gasteiger partial charge in [-0.2, -0.15) is 0 Å². The molecule has 1 aliphatic carbocycles. The first-order valence-corrected chi connectivity index (χ1v) is 7.81. The lowest BCUT2D eigenvalue weighted by atomic mass is 9.74. The molecule has 0 saturated heterocycles. The van der Waals surface area contributed by atoms with Crippen LogP contribution in [0.1, 0.15) is 30.7 Å². The average Bonchev–Trinajstić information content (AvgIpc) is 3.19. The Hall–Kier alpha value is -1.00. The van der Waals surface area contributed by atoms with Gasteiger partial charge in [-0.3, -0.25) is 4.79 Å². The summed E-state index contributed by atoms with van der Waals surface area (Å²) in [6.07, 6.45) is 2.73. The van der Waals surface area contributed by atoms with Crippen molar-refractivity contribution in [2.24, 2.45) is 17.1 Å². The molecule has 1 aliphatic heterocycles. The molecule has 1 aromatic rings. The van der Waals surface area contributed by atoms with Crippen LogP contribution in [0, 0.1) is 11.3 Å². The third kappa shape index (κ3) is 2.17. The molecule has 3 nitrogen and oxygen atoms in total. The number of carboxylic acid groups (broad SMARTS) is 1. The van der Waals surface area contributed by atoms with Gasteiger partial charge in [-0.15, -0.1) is 11.8 Å². The molecule has 0 spiro atoms. The van der Waals surface area contributed by atoms with Crippen molar-refractivity contribution >= 4 is 17.7 Å². The highest BCUT2D eigenvalue weighted by atomic mass is 32.2. The van der Waals surface area contributed by atoms with Crippen molar-refractivity contribution in [2.75, 3.05) is 12.3 Å². The Morgan fingerprint density at radius 3 is 2.79 bits per heavy atom. The quantitative estimate of drug-likeness (QED) is 0.868. The molecule has 1 aromatic carbocycles. The van der Waals surface area contributed by atoms with Crippen LogP contribution in [0.5, 0.6) is 0 Å². The number of aliphatic carboxylic acids is 1. The minimum Gasteiger partial charge on any atom is -0.481 e. The number of thioether (sulfide) groups is 1. The maximum atomic E-state index is 11.7.